The van der Waals surface area contributed by atoms with Crippen molar-refractivity contribution in [2.45, 2.75) is 45.3 Å². The van der Waals surface area contributed by atoms with E-state index >= 15 is 0 Å². The van der Waals surface area contributed by atoms with Gasteiger partial charge in [-0.1, -0.05) is 6.58 Å². The molecule has 1 amide bonds. The van der Waals surface area contributed by atoms with E-state index in [2.05, 4.69) is 18.6 Å². The normalized spacial score (nSPS) is 22.9. The first-order chi connectivity index (χ1) is 9.23. The van der Waals surface area contributed by atoms with Crippen LogP contribution >= 0.6 is 0 Å². The van der Waals surface area contributed by atoms with E-state index < -0.39 is 5.60 Å². The average molecular weight is 277 g/mol. The molecule has 1 atom stereocenters. The van der Waals surface area contributed by atoms with Gasteiger partial charge in [0.05, 0.1) is 11.2 Å². The summed E-state index contributed by atoms with van der Waals surface area (Å²) in [6.07, 6.45) is 4.28. The number of ether oxygens (including phenoxy) is 1. The summed E-state index contributed by atoms with van der Waals surface area (Å²) in [6.45, 7) is 12.8. The summed E-state index contributed by atoms with van der Waals surface area (Å²) in [4.78, 5) is 13.8. The molecule has 1 fully saturated rings. The molecule has 1 aliphatic rings. The van der Waals surface area contributed by atoms with Gasteiger partial charge in [0, 0.05) is 19.3 Å². The Balaban J connectivity index is 2.07. The Morgan fingerprint density at radius 3 is 2.80 bits per heavy atom. The number of carbonyl (C=O) groups excluding carboxylic acids is 1. The van der Waals surface area contributed by atoms with E-state index in [1.165, 1.54) is 0 Å². The Labute approximate surface area is 120 Å². The molecule has 1 aromatic rings. The lowest BCUT2D eigenvalue weighted by atomic mass is 10.0. The van der Waals surface area contributed by atoms with Gasteiger partial charge in [-0.05, 0) is 46.3 Å². The summed E-state index contributed by atoms with van der Waals surface area (Å²) < 4.78 is 7.34. The smallest absolute Gasteiger partial charge is 0.410 e. The Hall–Kier alpha value is -1.78. The number of aromatic nitrogens is 2. The zero-order chi connectivity index (χ0) is 15.0. The number of rotatable bonds is 2. The van der Waals surface area contributed by atoms with Crippen LogP contribution in [0.1, 0.15) is 39.8 Å². The topological polar surface area (TPSA) is 47.4 Å². The van der Waals surface area contributed by atoms with E-state index in [0.717, 1.165) is 12.1 Å². The molecule has 0 radical (unpaired) electrons. The quantitative estimate of drug-likeness (QED) is 0.835. The highest BCUT2D eigenvalue weighted by Gasteiger charge is 2.39. The molecule has 0 N–H and O–H groups in total. The number of nitrogens with zero attached hydrogens (tertiary/aromatic N) is 3. The van der Waals surface area contributed by atoms with Crippen molar-refractivity contribution >= 4 is 12.2 Å². The number of likely N-dealkylation sites (tertiary alicyclic amines) is 1. The highest BCUT2D eigenvalue weighted by Crippen LogP contribution is 2.29. The third-order valence-corrected chi connectivity index (χ3v) is 3.48. The second kappa shape index (κ2) is 4.96. The summed E-state index contributed by atoms with van der Waals surface area (Å²) in [6, 6.07) is 1.92. The average Bonchev–Trinajstić information content (AvgIpc) is 2.93. The highest BCUT2D eigenvalue weighted by molar-refractivity contribution is 5.68. The first-order valence-corrected chi connectivity index (χ1v) is 6.90. The summed E-state index contributed by atoms with van der Waals surface area (Å²) in [7, 11) is 0. The van der Waals surface area contributed by atoms with Crippen molar-refractivity contribution in [3.8, 4) is 0 Å². The fourth-order valence-corrected chi connectivity index (χ4v) is 2.36. The molecule has 0 saturated carbocycles. The zero-order valence-electron chi connectivity index (χ0n) is 12.7. The Kier molecular flexibility index (Phi) is 3.63. The molecule has 110 valence electrons. The van der Waals surface area contributed by atoms with Crippen molar-refractivity contribution in [2.75, 3.05) is 13.1 Å². The second-order valence-corrected chi connectivity index (χ2v) is 6.54. The predicted molar refractivity (Wildman–Crippen MR) is 78.4 cm³/mol. The van der Waals surface area contributed by atoms with Crippen molar-refractivity contribution in [1.82, 2.24) is 14.7 Å². The maximum atomic E-state index is 12.1. The van der Waals surface area contributed by atoms with Gasteiger partial charge in [0.25, 0.3) is 0 Å². The standard InChI is InChI=1S/C15H23N3O2/c1-6-12-7-9-18(16-12)15(5)8-10-17(11-15)13(19)20-14(2,3)4/h6-7,9H,1,8,10-11H2,2-5H3. The van der Waals surface area contributed by atoms with E-state index in [-0.39, 0.29) is 11.6 Å². The van der Waals surface area contributed by atoms with Crippen LogP contribution < -0.4 is 0 Å². The maximum absolute atomic E-state index is 12.1. The molecule has 1 unspecified atom stereocenters. The van der Waals surface area contributed by atoms with Crippen LogP contribution in [0.5, 0.6) is 0 Å². The lowest BCUT2D eigenvalue weighted by molar-refractivity contribution is 0.0275. The fourth-order valence-electron chi connectivity index (χ4n) is 2.36. The number of hydrogen-bond donors (Lipinski definition) is 0. The minimum Gasteiger partial charge on any atom is -0.444 e. The van der Waals surface area contributed by atoms with Crippen LogP contribution in [0.3, 0.4) is 0 Å². The van der Waals surface area contributed by atoms with Crippen molar-refractivity contribution in [2.24, 2.45) is 0 Å². The van der Waals surface area contributed by atoms with E-state index in [1.807, 2.05) is 37.7 Å². The monoisotopic (exact) mass is 277 g/mol. The summed E-state index contributed by atoms with van der Waals surface area (Å²) >= 11 is 0. The van der Waals surface area contributed by atoms with Crippen LogP contribution in [0.2, 0.25) is 0 Å². The molecule has 1 saturated heterocycles. The van der Waals surface area contributed by atoms with Gasteiger partial charge in [-0.25, -0.2) is 4.79 Å². The first kappa shape index (κ1) is 14.6. The summed E-state index contributed by atoms with van der Waals surface area (Å²) in [5.74, 6) is 0. The van der Waals surface area contributed by atoms with Crippen molar-refractivity contribution in [3.05, 3.63) is 24.5 Å². The van der Waals surface area contributed by atoms with Gasteiger partial charge in [0.2, 0.25) is 0 Å². The molecular weight excluding hydrogens is 254 g/mol. The van der Waals surface area contributed by atoms with Gasteiger partial charge in [0.15, 0.2) is 0 Å². The largest absolute Gasteiger partial charge is 0.444 e. The third-order valence-electron chi connectivity index (χ3n) is 3.48. The maximum Gasteiger partial charge on any atom is 0.410 e. The lowest BCUT2D eigenvalue weighted by Gasteiger charge is -2.27. The molecule has 1 aromatic heterocycles. The van der Waals surface area contributed by atoms with E-state index in [9.17, 15) is 4.79 Å². The van der Waals surface area contributed by atoms with E-state index in [0.29, 0.717) is 13.1 Å². The number of hydrogen-bond acceptors (Lipinski definition) is 3. The molecule has 5 heteroatoms. The van der Waals surface area contributed by atoms with Gasteiger partial charge >= 0.3 is 6.09 Å². The SMILES string of the molecule is C=Cc1ccn(C2(C)CCN(C(=O)OC(C)(C)C)C2)n1. The molecule has 0 spiro atoms. The minimum atomic E-state index is -0.461. The second-order valence-electron chi connectivity index (χ2n) is 6.54. The van der Waals surface area contributed by atoms with Gasteiger partial charge in [0.1, 0.15) is 5.60 Å². The van der Waals surface area contributed by atoms with E-state index in [1.54, 1.807) is 11.0 Å². The lowest BCUT2D eigenvalue weighted by Crippen LogP contribution is -2.39. The number of amides is 1. The van der Waals surface area contributed by atoms with Crippen LogP contribution in [-0.2, 0) is 10.3 Å². The van der Waals surface area contributed by atoms with Crippen LogP contribution in [0, 0.1) is 0 Å². The molecule has 0 bridgehead atoms. The van der Waals surface area contributed by atoms with Gasteiger partial charge in [-0.2, -0.15) is 5.10 Å². The van der Waals surface area contributed by atoms with Crippen LogP contribution in [0.25, 0.3) is 6.08 Å². The van der Waals surface area contributed by atoms with Gasteiger partial charge < -0.3 is 9.64 Å². The molecule has 0 aliphatic carbocycles. The zero-order valence-corrected chi connectivity index (χ0v) is 12.7. The van der Waals surface area contributed by atoms with Crippen LogP contribution in [0.4, 0.5) is 4.79 Å². The summed E-state index contributed by atoms with van der Waals surface area (Å²) in [5.41, 5.74) is 0.206. The Morgan fingerprint density at radius 2 is 2.25 bits per heavy atom. The fraction of sp³-hybridized carbons (Fsp3) is 0.600. The molecule has 2 rings (SSSR count). The van der Waals surface area contributed by atoms with E-state index in [4.69, 9.17) is 4.74 Å². The van der Waals surface area contributed by atoms with Crippen molar-refractivity contribution in [1.29, 1.82) is 0 Å². The van der Waals surface area contributed by atoms with Crippen LogP contribution in [0.15, 0.2) is 18.8 Å². The molecule has 1 aliphatic heterocycles. The number of carbonyl (C=O) groups is 1. The van der Waals surface area contributed by atoms with Crippen molar-refractivity contribution < 1.29 is 9.53 Å². The molecular formula is C15H23N3O2. The Bertz CT molecular complexity index is 515. The van der Waals surface area contributed by atoms with Gasteiger partial charge in [-0.3, -0.25) is 4.68 Å². The van der Waals surface area contributed by atoms with Crippen LogP contribution in [-0.4, -0.2) is 39.5 Å². The predicted octanol–water partition coefficient (Wildman–Crippen LogP) is 2.88. The molecule has 20 heavy (non-hydrogen) atoms. The summed E-state index contributed by atoms with van der Waals surface area (Å²) in [5, 5.41) is 4.47. The minimum absolute atomic E-state index is 0.182. The first-order valence-electron chi connectivity index (χ1n) is 6.90. The molecule has 0 aromatic carbocycles. The van der Waals surface area contributed by atoms with Crippen molar-refractivity contribution in [3.63, 3.8) is 0 Å². The van der Waals surface area contributed by atoms with Gasteiger partial charge in [-0.15, -0.1) is 0 Å². The molecule has 5 nitrogen and oxygen atoms in total. The highest BCUT2D eigenvalue weighted by atomic mass is 16.6. The Morgan fingerprint density at radius 1 is 1.55 bits per heavy atom. The third kappa shape index (κ3) is 3.03. The molecule has 2 heterocycles.